The number of aromatic hydroxyl groups is 1. The lowest BCUT2D eigenvalue weighted by molar-refractivity contribution is 0.0859. The van der Waals surface area contributed by atoms with E-state index in [4.69, 9.17) is 11.6 Å². The van der Waals surface area contributed by atoms with E-state index in [1.165, 1.54) is 12.1 Å². The standard InChI is InChI=1S/C28H33ClFN3O2/c1-28(2,3)27(35)21-15-31-24-11-6-16(17-13-22(29)26(34)23(30)14-17)12-20(24)25(21)32-18-7-9-19(10-8-18)33(4)5/h6,11-15,18-19,34H,7-10H2,1-5H3,(H,31,32)/t18-,19-. The largest absolute Gasteiger partial charge is 0.504 e. The Labute approximate surface area is 211 Å². The summed E-state index contributed by atoms with van der Waals surface area (Å²) in [6.45, 7) is 5.72. The van der Waals surface area contributed by atoms with E-state index in [1.807, 2.05) is 39.0 Å². The predicted octanol–water partition coefficient (Wildman–Crippen LogP) is 6.91. The smallest absolute Gasteiger partial charge is 0.171 e. The van der Waals surface area contributed by atoms with Crippen molar-refractivity contribution < 1.29 is 14.3 Å². The molecular weight excluding hydrogens is 465 g/mol. The molecule has 0 spiro atoms. The summed E-state index contributed by atoms with van der Waals surface area (Å²) in [6, 6.07) is 9.23. The van der Waals surface area contributed by atoms with Crippen LogP contribution >= 0.6 is 11.6 Å². The lowest BCUT2D eigenvalue weighted by Gasteiger charge is -2.34. The van der Waals surface area contributed by atoms with Crippen LogP contribution in [0.25, 0.3) is 22.0 Å². The van der Waals surface area contributed by atoms with Crippen LogP contribution in [0.4, 0.5) is 10.1 Å². The number of Topliss-reactive ketones (excluding diaryl/α,β-unsaturated/α-hetero) is 1. The van der Waals surface area contributed by atoms with Gasteiger partial charge in [-0.25, -0.2) is 4.39 Å². The van der Waals surface area contributed by atoms with Crippen LogP contribution in [0.15, 0.2) is 36.5 Å². The molecule has 0 bridgehead atoms. The quantitative estimate of drug-likeness (QED) is 0.375. The SMILES string of the molecule is CN(C)[C@H]1CC[C@H](Nc2c(C(=O)C(C)(C)C)cnc3ccc(-c4cc(F)c(O)c(Cl)c4)cc23)CC1. The number of nitrogens with zero attached hydrogens (tertiary/aromatic N) is 2. The molecule has 3 aromatic rings. The monoisotopic (exact) mass is 497 g/mol. The summed E-state index contributed by atoms with van der Waals surface area (Å²) in [5.74, 6) is -1.33. The van der Waals surface area contributed by atoms with E-state index in [0.717, 1.165) is 47.8 Å². The van der Waals surface area contributed by atoms with E-state index < -0.39 is 17.0 Å². The number of fused-ring (bicyclic) bond motifs is 1. The van der Waals surface area contributed by atoms with Crippen LogP contribution in [0.3, 0.4) is 0 Å². The zero-order chi connectivity index (χ0) is 25.5. The van der Waals surface area contributed by atoms with Gasteiger partial charge in [0, 0.05) is 29.1 Å². The first kappa shape index (κ1) is 25.4. The fourth-order valence-electron chi connectivity index (χ4n) is 4.78. The Balaban J connectivity index is 1.81. The minimum atomic E-state index is -0.779. The zero-order valence-electron chi connectivity index (χ0n) is 21.0. The number of aromatic nitrogens is 1. The maximum atomic E-state index is 14.2. The van der Waals surface area contributed by atoms with Crippen molar-refractivity contribution in [3.8, 4) is 16.9 Å². The molecule has 1 saturated carbocycles. The molecule has 0 unspecified atom stereocenters. The van der Waals surface area contributed by atoms with Crippen LogP contribution in [0.1, 0.15) is 56.8 Å². The number of hydrogen-bond donors (Lipinski definition) is 2. The molecule has 1 aliphatic carbocycles. The van der Waals surface area contributed by atoms with Crippen molar-refractivity contribution in [2.75, 3.05) is 19.4 Å². The number of phenolic OH excluding ortho intramolecular Hbond substituents is 1. The predicted molar refractivity (Wildman–Crippen MR) is 141 cm³/mol. The fourth-order valence-corrected chi connectivity index (χ4v) is 4.98. The van der Waals surface area contributed by atoms with E-state index in [0.29, 0.717) is 17.2 Å². The van der Waals surface area contributed by atoms with Crippen LogP contribution in [-0.4, -0.2) is 47.0 Å². The second-order valence-corrected chi connectivity index (χ2v) is 11.2. The zero-order valence-corrected chi connectivity index (χ0v) is 21.7. The average molecular weight is 498 g/mol. The van der Waals surface area contributed by atoms with Crippen LogP contribution in [0, 0.1) is 11.2 Å². The molecule has 2 N–H and O–H groups in total. The van der Waals surface area contributed by atoms with Gasteiger partial charge in [0.2, 0.25) is 0 Å². The Morgan fingerprint density at radius 1 is 1.11 bits per heavy atom. The van der Waals surface area contributed by atoms with Gasteiger partial charge in [0.1, 0.15) is 0 Å². The number of ketones is 1. The molecule has 0 saturated heterocycles. The number of phenols is 1. The number of carbonyl (C=O) groups excluding carboxylic acids is 1. The van der Waals surface area contributed by atoms with Crippen molar-refractivity contribution >= 4 is 34.0 Å². The first-order valence-corrected chi connectivity index (χ1v) is 12.4. The highest BCUT2D eigenvalue weighted by atomic mass is 35.5. The molecule has 186 valence electrons. The second kappa shape index (κ2) is 9.75. The summed E-state index contributed by atoms with van der Waals surface area (Å²) in [5.41, 5.74) is 2.77. The Morgan fingerprint density at radius 2 is 1.80 bits per heavy atom. The van der Waals surface area contributed by atoms with Gasteiger partial charge in [-0.15, -0.1) is 0 Å². The van der Waals surface area contributed by atoms with Crippen LogP contribution in [0.2, 0.25) is 5.02 Å². The third kappa shape index (κ3) is 5.29. The van der Waals surface area contributed by atoms with Gasteiger partial charge in [0.25, 0.3) is 0 Å². The molecule has 1 heterocycles. The Kier molecular flexibility index (Phi) is 7.07. The van der Waals surface area contributed by atoms with Gasteiger partial charge in [0.15, 0.2) is 17.3 Å². The van der Waals surface area contributed by atoms with Gasteiger partial charge in [-0.2, -0.15) is 0 Å². The van der Waals surface area contributed by atoms with E-state index >= 15 is 0 Å². The minimum absolute atomic E-state index is 0.0144. The van der Waals surface area contributed by atoms with E-state index in [9.17, 15) is 14.3 Å². The molecule has 2 aromatic carbocycles. The number of halogens is 2. The van der Waals surface area contributed by atoms with Crippen molar-refractivity contribution in [2.45, 2.75) is 58.5 Å². The fraction of sp³-hybridized carbons (Fsp3) is 0.429. The van der Waals surface area contributed by atoms with Crippen molar-refractivity contribution in [3.05, 3.63) is 52.9 Å². The Bertz CT molecular complexity index is 1240. The molecule has 0 atom stereocenters. The molecule has 0 aliphatic heterocycles. The molecule has 0 radical (unpaired) electrons. The summed E-state index contributed by atoms with van der Waals surface area (Å²) in [7, 11) is 4.24. The van der Waals surface area contributed by atoms with E-state index in [1.54, 1.807) is 6.20 Å². The third-order valence-electron chi connectivity index (χ3n) is 6.92. The molecule has 4 rings (SSSR count). The van der Waals surface area contributed by atoms with Crippen LogP contribution < -0.4 is 5.32 Å². The Hall–Kier alpha value is -2.70. The molecule has 5 nitrogen and oxygen atoms in total. The van der Waals surface area contributed by atoms with E-state index in [2.05, 4.69) is 29.3 Å². The summed E-state index contributed by atoms with van der Waals surface area (Å²) < 4.78 is 14.2. The van der Waals surface area contributed by atoms with Crippen molar-refractivity contribution in [3.63, 3.8) is 0 Å². The van der Waals surface area contributed by atoms with Crippen LogP contribution in [0.5, 0.6) is 5.75 Å². The summed E-state index contributed by atoms with van der Waals surface area (Å²) >= 11 is 6.04. The number of carbonyl (C=O) groups is 1. The molecule has 1 aromatic heterocycles. The van der Waals surface area contributed by atoms with Crippen LogP contribution in [-0.2, 0) is 0 Å². The maximum absolute atomic E-state index is 14.2. The molecule has 1 fully saturated rings. The summed E-state index contributed by atoms with van der Waals surface area (Å²) in [5, 5.41) is 14.2. The highest BCUT2D eigenvalue weighted by Crippen LogP contribution is 2.37. The second-order valence-electron chi connectivity index (χ2n) is 10.8. The molecular formula is C28H33ClFN3O2. The lowest BCUT2D eigenvalue weighted by atomic mass is 9.85. The summed E-state index contributed by atoms with van der Waals surface area (Å²) in [4.78, 5) is 20.3. The highest BCUT2D eigenvalue weighted by Gasteiger charge is 2.29. The lowest BCUT2D eigenvalue weighted by Crippen LogP contribution is -2.36. The number of rotatable bonds is 5. The summed E-state index contributed by atoms with van der Waals surface area (Å²) in [6.07, 6.45) is 5.86. The maximum Gasteiger partial charge on any atom is 0.171 e. The topological polar surface area (TPSA) is 65.5 Å². The average Bonchev–Trinajstić information content (AvgIpc) is 2.81. The van der Waals surface area contributed by atoms with E-state index in [-0.39, 0.29) is 16.8 Å². The first-order chi connectivity index (χ1) is 16.5. The van der Waals surface area contributed by atoms with Gasteiger partial charge in [-0.05, 0) is 75.2 Å². The number of anilines is 1. The van der Waals surface area contributed by atoms with Gasteiger partial charge in [-0.1, -0.05) is 38.4 Å². The Morgan fingerprint density at radius 3 is 2.40 bits per heavy atom. The number of nitrogens with one attached hydrogen (secondary N) is 1. The number of pyridine rings is 1. The van der Waals surface area contributed by atoms with Gasteiger partial charge in [0.05, 0.1) is 21.8 Å². The van der Waals surface area contributed by atoms with Crippen molar-refractivity contribution in [1.82, 2.24) is 9.88 Å². The van der Waals surface area contributed by atoms with Crippen molar-refractivity contribution in [1.29, 1.82) is 0 Å². The van der Waals surface area contributed by atoms with Gasteiger partial charge >= 0.3 is 0 Å². The van der Waals surface area contributed by atoms with Crippen molar-refractivity contribution in [2.24, 2.45) is 5.41 Å². The normalized spacial score (nSPS) is 18.7. The molecule has 35 heavy (non-hydrogen) atoms. The number of benzene rings is 2. The molecule has 7 heteroatoms. The van der Waals surface area contributed by atoms with Gasteiger partial charge in [-0.3, -0.25) is 9.78 Å². The molecule has 0 amide bonds. The third-order valence-corrected chi connectivity index (χ3v) is 7.21. The van der Waals surface area contributed by atoms with Gasteiger partial charge < -0.3 is 15.3 Å². The number of hydrogen-bond acceptors (Lipinski definition) is 5. The minimum Gasteiger partial charge on any atom is -0.504 e. The highest BCUT2D eigenvalue weighted by molar-refractivity contribution is 6.32. The molecule has 1 aliphatic rings. The first-order valence-electron chi connectivity index (χ1n) is 12.0.